The van der Waals surface area contributed by atoms with Gasteiger partial charge < -0.3 is 15.5 Å². The standard InChI is InChI=1S/C18H24FN3O2/c1-11(2)16(21-17(23)14-5-3-4-6-15(14)19)18(24)22-9-12-7-20-8-13(12)10-22/h3-6,11-13,16,20H,7-10H2,1-2H3,(H,21,23)/t12-,13+,16?. The van der Waals surface area contributed by atoms with E-state index >= 15 is 0 Å². The molecule has 130 valence electrons. The van der Waals surface area contributed by atoms with Gasteiger partial charge >= 0.3 is 0 Å². The molecule has 0 radical (unpaired) electrons. The van der Waals surface area contributed by atoms with Crippen LogP contribution in [0, 0.1) is 23.6 Å². The van der Waals surface area contributed by atoms with Gasteiger partial charge in [-0.1, -0.05) is 26.0 Å². The first kappa shape index (κ1) is 16.9. The highest BCUT2D eigenvalue weighted by molar-refractivity contribution is 5.97. The summed E-state index contributed by atoms with van der Waals surface area (Å²) in [4.78, 5) is 27.1. The van der Waals surface area contributed by atoms with Crippen molar-refractivity contribution in [2.75, 3.05) is 26.2 Å². The Bertz CT molecular complexity index is 622. The molecule has 2 aliphatic rings. The van der Waals surface area contributed by atoms with Crippen LogP contribution in [0.5, 0.6) is 0 Å². The second-order valence-electron chi connectivity index (χ2n) is 7.10. The Balaban J connectivity index is 1.69. The third kappa shape index (κ3) is 3.29. The third-order valence-electron chi connectivity index (χ3n) is 5.04. The Morgan fingerprint density at radius 1 is 1.21 bits per heavy atom. The second kappa shape index (κ2) is 6.89. The van der Waals surface area contributed by atoms with E-state index in [4.69, 9.17) is 0 Å². The van der Waals surface area contributed by atoms with E-state index in [-0.39, 0.29) is 17.4 Å². The van der Waals surface area contributed by atoms with Crippen molar-refractivity contribution >= 4 is 11.8 Å². The molecule has 6 heteroatoms. The smallest absolute Gasteiger partial charge is 0.254 e. The average Bonchev–Trinajstić information content (AvgIpc) is 3.13. The largest absolute Gasteiger partial charge is 0.340 e. The Morgan fingerprint density at radius 3 is 2.42 bits per heavy atom. The topological polar surface area (TPSA) is 61.4 Å². The summed E-state index contributed by atoms with van der Waals surface area (Å²) in [5, 5.41) is 6.08. The summed E-state index contributed by atoms with van der Waals surface area (Å²) in [6.07, 6.45) is 0. The number of rotatable bonds is 4. The predicted molar refractivity (Wildman–Crippen MR) is 88.9 cm³/mol. The molecule has 0 aromatic heterocycles. The number of carbonyl (C=O) groups is 2. The average molecular weight is 333 g/mol. The molecule has 0 bridgehead atoms. The van der Waals surface area contributed by atoms with E-state index in [1.807, 2.05) is 18.7 Å². The molecule has 1 aromatic rings. The number of likely N-dealkylation sites (tertiary alicyclic amines) is 1. The van der Waals surface area contributed by atoms with Crippen LogP contribution in [0.25, 0.3) is 0 Å². The van der Waals surface area contributed by atoms with Gasteiger partial charge in [0.2, 0.25) is 5.91 Å². The molecular weight excluding hydrogens is 309 g/mol. The van der Waals surface area contributed by atoms with Crippen molar-refractivity contribution in [3.05, 3.63) is 35.6 Å². The number of halogens is 1. The van der Waals surface area contributed by atoms with Crippen molar-refractivity contribution in [3.8, 4) is 0 Å². The van der Waals surface area contributed by atoms with E-state index in [9.17, 15) is 14.0 Å². The minimum Gasteiger partial charge on any atom is -0.340 e. The number of nitrogens with one attached hydrogen (secondary N) is 2. The number of hydrogen-bond donors (Lipinski definition) is 2. The number of amides is 2. The number of hydrogen-bond acceptors (Lipinski definition) is 3. The van der Waals surface area contributed by atoms with Gasteiger partial charge in [-0.15, -0.1) is 0 Å². The van der Waals surface area contributed by atoms with Gasteiger partial charge in [-0.05, 0) is 29.9 Å². The van der Waals surface area contributed by atoms with E-state index < -0.39 is 17.8 Å². The van der Waals surface area contributed by atoms with E-state index in [1.54, 1.807) is 6.07 Å². The maximum atomic E-state index is 13.8. The first-order chi connectivity index (χ1) is 11.5. The minimum absolute atomic E-state index is 0.0292. The van der Waals surface area contributed by atoms with Crippen LogP contribution >= 0.6 is 0 Å². The lowest BCUT2D eigenvalue weighted by molar-refractivity contribution is -0.133. The lowest BCUT2D eigenvalue weighted by Gasteiger charge is -2.27. The molecule has 24 heavy (non-hydrogen) atoms. The summed E-state index contributed by atoms with van der Waals surface area (Å²) in [6, 6.07) is 5.19. The third-order valence-corrected chi connectivity index (χ3v) is 5.04. The van der Waals surface area contributed by atoms with Gasteiger partial charge in [-0.3, -0.25) is 9.59 Å². The summed E-state index contributed by atoms with van der Waals surface area (Å²) < 4.78 is 13.8. The zero-order valence-electron chi connectivity index (χ0n) is 14.1. The highest BCUT2D eigenvalue weighted by atomic mass is 19.1. The van der Waals surface area contributed by atoms with Crippen molar-refractivity contribution < 1.29 is 14.0 Å². The molecule has 1 aromatic carbocycles. The monoisotopic (exact) mass is 333 g/mol. The lowest BCUT2D eigenvalue weighted by Crippen LogP contribution is -2.51. The Kier molecular flexibility index (Phi) is 4.85. The molecule has 0 saturated carbocycles. The highest BCUT2D eigenvalue weighted by Crippen LogP contribution is 2.27. The van der Waals surface area contributed by atoms with Crippen molar-refractivity contribution in [2.45, 2.75) is 19.9 Å². The molecule has 2 fully saturated rings. The fraction of sp³-hybridized carbons (Fsp3) is 0.556. The van der Waals surface area contributed by atoms with E-state index in [2.05, 4.69) is 10.6 Å². The quantitative estimate of drug-likeness (QED) is 0.872. The fourth-order valence-corrected chi connectivity index (χ4v) is 3.61. The normalized spacial score (nSPS) is 24.1. The molecule has 0 aliphatic carbocycles. The molecule has 5 nitrogen and oxygen atoms in total. The van der Waals surface area contributed by atoms with Crippen LogP contribution in [0.2, 0.25) is 0 Å². The van der Waals surface area contributed by atoms with E-state index in [0.717, 1.165) is 26.2 Å². The number of nitrogens with zero attached hydrogens (tertiary/aromatic N) is 1. The van der Waals surface area contributed by atoms with Crippen LogP contribution in [-0.4, -0.2) is 48.9 Å². The van der Waals surface area contributed by atoms with Crippen LogP contribution < -0.4 is 10.6 Å². The number of benzene rings is 1. The molecule has 2 amide bonds. The molecule has 2 heterocycles. The van der Waals surface area contributed by atoms with Crippen LogP contribution in [0.15, 0.2) is 24.3 Å². The Hall–Kier alpha value is -1.95. The first-order valence-corrected chi connectivity index (χ1v) is 8.52. The SMILES string of the molecule is CC(C)C(NC(=O)c1ccccc1F)C(=O)N1C[C@H]2CNC[C@H]2C1. The van der Waals surface area contributed by atoms with Gasteiger partial charge in [0.25, 0.3) is 5.91 Å². The van der Waals surface area contributed by atoms with Crippen molar-refractivity contribution in [1.29, 1.82) is 0 Å². The number of fused-ring (bicyclic) bond motifs is 1. The van der Waals surface area contributed by atoms with Crippen LogP contribution in [0.4, 0.5) is 4.39 Å². The highest BCUT2D eigenvalue weighted by Gasteiger charge is 2.40. The molecule has 2 aliphatic heterocycles. The lowest BCUT2D eigenvalue weighted by atomic mass is 10.0. The summed E-state index contributed by atoms with van der Waals surface area (Å²) in [7, 11) is 0. The van der Waals surface area contributed by atoms with Crippen molar-refractivity contribution in [1.82, 2.24) is 15.5 Å². The summed E-state index contributed by atoms with van der Waals surface area (Å²) in [6.45, 7) is 7.14. The summed E-state index contributed by atoms with van der Waals surface area (Å²) in [5.41, 5.74) is -0.0292. The zero-order chi connectivity index (χ0) is 17.3. The molecular formula is C18H24FN3O2. The number of carbonyl (C=O) groups excluding carboxylic acids is 2. The van der Waals surface area contributed by atoms with Gasteiger partial charge in [-0.25, -0.2) is 4.39 Å². The van der Waals surface area contributed by atoms with E-state index in [0.29, 0.717) is 11.8 Å². The van der Waals surface area contributed by atoms with E-state index in [1.165, 1.54) is 18.2 Å². The molecule has 2 saturated heterocycles. The zero-order valence-corrected chi connectivity index (χ0v) is 14.1. The van der Waals surface area contributed by atoms with Crippen LogP contribution in [0.1, 0.15) is 24.2 Å². The second-order valence-corrected chi connectivity index (χ2v) is 7.10. The fourth-order valence-electron chi connectivity index (χ4n) is 3.61. The molecule has 3 atom stereocenters. The van der Waals surface area contributed by atoms with Gasteiger partial charge in [0.15, 0.2) is 0 Å². The maximum Gasteiger partial charge on any atom is 0.254 e. The molecule has 3 rings (SSSR count). The van der Waals surface area contributed by atoms with Crippen LogP contribution in [0.3, 0.4) is 0 Å². The molecule has 0 spiro atoms. The maximum absolute atomic E-state index is 13.8. The van der Waals surface area contributed by atoms with Crippen LogP contribution in [-0.2, 0) is 4.79 Å². The van der Waals surface area contributed by atoms with Crippen molar-refractivity contribution in [2.24, 2.45) is 17.8 Å². The summed E-state index contributed by atoms with van der Waals surface area (Å²) >= 11 is 0. The van der Waals surface area contributed by atoms with Gasteiger partial charge in [0, 0.05) is 26.2 Å². The molecule has 2 N–H and O–H groups in total. The molecule has 1 unspecified atom stereocenters. The van der Waals surface area contributed by atoms with Gasteiger partial charge in [0.1, 0.15) is 11.9 Å². The van der Waals surface area contributed by atoms with Gasteiger partial charge in [-0.2, -0.15) is 0 Å². The predicted octanol–water partition coefficient (Wildman–Crippen LogP) is 1.26. The summed E-state index contributed by atoms with van der Waals surface area (Å²) in [5.74, 6) is -0.239. The minimum atomic E-state index is -0.635. The van der Waals surface area contributed by atoms with Crippen molar-refractivity contribution in [3.63, 3.8) is 0 Å². The first-order valence-electron chi connectivity index (χ1n) is 8.52. The van der Waals surface area contributed by atoms with Gasteiger partial charge in [0.05, 0.1) is 5.56 Å². The Morgan fingerprint density at radius 2 is 1.83 bits per heavy atom. The Labute approximate surface area is 141 Å².